The van der Waals surface area contributed by atoms with Crippen molar-refractivity contribution in [1.82, 2.24) is 4.90 Å². The van der Waals surface area contributed by atoms with Crippen molar-refractivity contribution in [2.24, 2.45) is 5.92 Å². The lowest BCUT2D eigenvalue weighted by Gasteiger charge is -2.41. The van der Waals surface area contributed by atoms with Crippen molar-refractivity contribution in [2.45, 2.75) is 44.6 Å². The van der Waals surface area contributed by atoms with Gasteiger partial charge in [0.2, 0.25) is 5.91 Å². The second kappa shape index (κ2) is 9.26. The predicted molar refractivity (Wildman–Crippen MR) is 108 cm³/mol. The van der Waals surface area contributed by atoms with Crippen molar-refractivity contribution < 1.29 is 14.5 Å². The lowest BCUT2D eigenvalue weighted by molar-refractivity contribution is -0.929. The van der Waals surface area contributed by atoms with E-state index < -0.39 is 0 Å². The summed E-state index contributed by atoms with van der Waals surface area (Å²) in [6.07, 6.45) is 7.63. The Morgan fingerprint density at radius 2 is 1.81 bits per heavy atom. The van der Waals surface area contributed by atoms with E-state index in [0.29, 0.717) is 28.3 Å². The normalized spacial score (nSPS) is 24.8. The van der Waals surface area contributed by atoms with Crippen LogP contribution in [0.1, 0.15) is 38.5 Å². The Balaban J connectivity index is 1.53. The number of carbonyl (C=O) groups is 2. The zero-order chi connectivity index (χ0) is 19.4. The Bertz CT molecular complexity index is 676. The van der Waals surface area contributed by atoms with E-state index in [2.05, 4.69) is 5.32 Å². The van der Waals surface area contributed by atoms with Crippen LogP contribution in [0.5, 0.6) is 0 Å². The van der Waals surface area contributed by atoms with Crippen molar-refractivity contribution in [2.75, 3.05) is 32.0 Å². The second-order valence-corrected chi connectivity index (χ2v) is 8.59. The Kier molecular flexibility index (Phi) is 7.01. The lowest BCUT2D eigenvalue weighted by Crippen LogP contribution is -3.18. The second-order valence-electron chi connectivity index (χ2n) is 7.77. The van der Waals surface area contributed by atoms with Crippen LogP contribution in [0, 0.1) is 5.92 Å². The molecule has 1 unspecified atom stereocenters. The Hall–Kier alpha value is -1.30. The maximum atomic E-state index is 12.7. The number of fused-ring (bicyclic) bond motifs is 1. The zero-order valence-corrected chi connectivity index (χ0v) is 17.3. The monoisotopic (exact) mass is 412 g/mol. The fraction of sp³-hybridized carbons (Fsp3) is 0.600. The fourth-order valence-electron chi connectivity index (χ4n) is 4.52. The number of nitrogens with one attached hydrogen (secondary N) is 2. The van der Waals surface area contributed by atoms with Gasteiger partial charge in [0, 0.05) is 13.0 Å². The topological polar surface area (TPSA) is 53.9 Å². The molecule has 1 aromatic rings. The third-order valence-electron chi connectivity index (χ3n) is 5.92. The number of amides is 2. The van der Waals surface area contributed by atoms with Gasteiger partial charge in [-0.05, 0) is 44.2 Å². The number of hydrogen-bond donors (Lipinski definition) is 2. The highest BCUT2D eigenvalue weighted by molar-refractivity contribution is 6.39. The standard InChI is InChI=1S/C20H27Cl2N3O2/c1-24(12-18(26)23-20-15(21)8-4-9-16(20)22)19(27)13-25-11-5-7-14-6-2-3-10-17(14)25/h4,8-9,14,17H,2-3,5-7,10-13H2,1H3,(H,23,26)/p+1/t14-,17-/m0/s1. The van der Waals surface area contributed by atoms with Crippen molar-refractivity contribution in [1.29, 1.82) is 0 Å². The number of likely N-dealkylation sites (tertiary alicyclic amines) is 1. The number of anilines is 1. The van der Waals surface area contributed by atoms with Crippen LogP contribution in [0.4, 0.5) is 5.69 Å². The first-order chi connectivity index (χ1) is 13.0. The SMILES string of the molecule is CN(CC(=O)Nc1c(Cl)cccc1Cl)C(=O)C[NH+]1CCC[C@@H]2CCCC[C@@H]21. The van der Waals surface area contributed by atoms with Gasteiger partial charge in [-0.2, -0.15) is 0 Å². The van der Waals surface area contributed by atoms with Gasteiger partial charge in [0.05, 0.1) is 34.9 Å². The van der Waals surface area contributed by atoms with Gasteiger partial charge in [-0.1, -0.05) is 35.7 Å². The molecule has 7 heteroatoms. The van der Waals surface area contributed by atoms with Crippen LogP contribution in [-0.2, 0) is 9.59 Å². The van der Waals surface area contributed by atoms with Crippen molar-refractivity contribution >= 4 is 40.7 Å². The van der Waals surface area contributed by atoms with Crippen LogP contribution >= 0.6 is 23.2 Å². The summed E-state index contributed by atoms with van der Waals surface area (Å²) in [7, 11) is 1.68. The summed E-state index contributed by atoms with van der Waals surface area (Å²) in [5.74, 6) is 0.480. The number of piperidine rings is 1. The van der Waals surface area contributed by atoms with Gasteiger partial charge >= 0.3 is 0 Å². The van der Waals surface area contributed by atoms with Crippen molar-refractivity contribution in [3.63, 3.8) is 0 Å². The van der Waals surface area contributed by atoms with Gasteiger partial charge in [-0.15, -0.1) is 0 Å². The summed E-state index contributed by atoms with van der Waals surface area (Å²) in [6, 6.07) is 5.66. The van der Waals surface area contributed by atoms with E-state index in [0.717, 1.165) is 12.5 Å². The van der Waals surface area contributed by atoms with Crippen molar-refractivity contribution in [3.8, 4) is 0 Å². The zero-order valence-electron chi connectivity index (χ0n) is 15.8. The number of carbonyl (C=O) groups excluding carboxylic acids is 2. The molecule has 148 valence electrons. The molecular weight excluding hydrogens is 385 g/mol. The molecule has 3 atom stereocenters. The highest BCUT2D eigenvalue weighted by Crippen LogP contribution is 2.30. The molecule has 2 fully saturated rings. The van der Waals surface area contributed by atoms with Crippen LogP contribution in [0.25, 0.3) is 0 Å². The van der Waals surface area contributed by atoms with Crippen LogP contribution in [-0.4, -0.2) is 49.4 Å². The minimum absolute atomic E-state index is 0.0108. The highest BCUT2D eigenvalue weighted by atomic mass is 35.5. The van der Waals surface area contributed by atoms with Crippen LogP contribution in [0.3, 0.4) is 0 Å². The molecule has 1 saturated carbocycles. The molecule has 5 nitrogen and oxygen atoms in total. The summed E-state index contributed by atoms with van der Waals surface area (Å²) in [5.41, 5.74) is 0.387. The summed E-state index contributed by atoms with van der Waals surface area (Å²) < 4.78 is 0. The molecule has 1 aromatic carbocycles. The van der Waals surface area contributed by atoms with Crippen molar-refractivity contribution in [3.05, 3.63) is 28.2 Å². The maximum Gasteiger partial charge on any atom is 0.277 e. The molecular formula is C20H28Cl2N3O2+. The molecule has 3 rings (SSSR count). The number of likely N-dealkylation sites (N-methyl/N-ethyl adjacent to an activating group) is 1. The number of halogens is 2. The average molecular weight is 413 g/mol. The minimum atomic E-state index is -0.301. The molecule has 2 amide bonds. The number of benzene rings is 1. The first-order valence-electron chi connectivity index (χ1n) is 9.78. The molecule has 27 heavy (non-hydrogen) atoms. The number of para-hydroxylation sites is 1. The van der Waals surface area contributed by atoms with Gasteiger partial charge in [0.1, 0.15) is 0 Å². The molecule has 0 aromatic heterocycles. The van der Waals surface area contributed by atoms with E-state index in [9.17, 15) is 9.59 Å². The Labute approximate surface area is 171 Å². The molecule has 2 aliphatic rings. The van der Waals surface area contributed by atoms with E-state index in [1.54, 1.807) is 25.2 Å². The Morgan fingerprint density at radius 3 is 2.56 bits per heavy atom. The third-order valence-corrected chi connectivity index (χ3v) is 6.55. The average Bonchev–Trinajstić information content (AvgIpc) is 2.65. The van der Waals surface area contributed by atoms with Crippen LogP contribution < -0.4 is 10.2 Å². The number of hydrogen-bond acceptors (Lipinski definition) is 2. The molecule has 1 heterocycles. The number of nitrogens with zero attached hydrogens (tertiary/aromatic N) is 1. The molecule has 0 radical (unpaired) electrons. The molecule has 2 N–H and O–H groups in total. The summed E-state index contributed by atoms with van der Waals surface area (Å²) in [4.78, 5) is 27.9. The highest BCUT2D eigenvalue weighted by Gasteiger charge is 2.37. The van der Waals surface area contributed by atoms with Gasteiger partial charge in [-0.25, -0.2) is 0 Å². The summed E-state index contributed by atoms with van der Waals surface area (Å²) in [6.45, 7) is 1.52. The number of rotatable bonds is 5. The van der Waals surface area contributed by atoms with Gasteiger partial charge in [-0.3, -0.25) is 9.59 Å². The van der Waals surface area contributed by atoms with E-state index in [1.165, 1.54) is 48.3 Å². The van der Waals surface area contributed by atoms with E-state index in [-0.39, 0.29) is 18.4 Å². The number of quaternary nitrogens is 1. The summed E-state index contributed by atoms with van der Waals surface area (Å²) >= 11 is 12.2. The first kappa shape index (κ1) is 20.4. The van der Waals surface area contributed by atoms with Crippen LogP contribution in [0.2, 0.25) is 10.0 Å². The van der Waals surface area contributed by atoms with Gasteiger partial charge in [0.15, 0.2) is 6.54 Å². The van der Waals surface area contributed by atoms with Crippen LogP contribution in [0.15, 0.2) is 18.2 Å². The lowest BCUT2D eigenvalue weighted by atomic mass is 9.78. The minimum Gasteiger partial charge on any atom is -0.332 e. The molecule has 0 spiro atoms. The van der Waals surface area contributed by atoms with E-state index >= 15 is 0 Å². The quantitative estimate of drug-likeness (QED) is 0.780. The Morgan fingerprint density at radius 1 is 1.15 bits per heavy atom. The largest absolute Gasteiger partial charge is 0.332 e. The third kappa shape index (κ3) is 5.15. The maximum absolute atomic E-state index is 12.7. The molecule has 1 aliphatic carbocycles. The first-order valence-corrected chi connectivity index (χ1v) is 10.5. The fourth-order valence-corrected chi connectivity index (χ4v) is 5.01. The smallest absolute Gasteiger partial charge is 0.277 e. The van der Waals surface area contributed by atoms with E-state index in [4.69, 9.17) is 23.2 Å². The molecule has 1 aliphatic heterocycles. The summed E-state index contributed by atoms with van der Waals surface area (Å²) in [5, 5.41) is 3.47. The molecule has 0 bridgehead atoms. The van der Waals surface area contributed by atoms with Gasteiger partial charge in [0.25, 0.3) is 5.91 Å². The van der Waals surface area contributed by atoms with Gasteiger partial charge < -0.3 is 15.1 Å². The predicted octanol–water partition coefficient (Wildman–Crippen LogP) is 2.63. The van der Waals surface area contributed by atoms with E-state index in [1.807, 2.05) is 0 Å². The molecule has 1 saturated heterocycles.